The highest BCUT2D eigenvalue weighted by Gasteiger charge is 2.52. The van der Waals surface area contributed by atoms with Gasteiger partial charge in [-0.05, 0) is 6.42 Å². The normalized spacial score (nSPS) is 53.1. The molecule has 0 spiro atoms. The van der Waals surface area contributed by atoms with Gasteiger partial charge in [-0.15, -0.1) is 0 Å². The van der Waals surface area contributed by atoms with Gasteiger partial charge in [-0.2, -0.15) is 0 Å². The lowest BCUT2D eigenvalue weighted by Crippen LogP contribution is -2.65. The van der Waals surface area contributed by atoms with E-state index in [0.29, 0.717) is 0 Å². The first-order chi connectivity index (χ1) is 6.58. The van der Waals surface area contributed by atoms with E-state index in [1.807, 2.05) is 0 Å². The predicted octanol–water partition coefficient (Wildman–Crippen LogP) is 0.357. The van der Waals surface area contributed by atoms with Crippen molar-refractivity contribution >= 4 is 0 Å². The van der Waals surface area contributed by atoms with Crippen LogP contribution in [0.3, 0.4) is 0 Å². The molecule has 2 N–H and O–H groups in total. The summed E-state index contributed by atoms with van der Waals surface area (Å²) in [4.78, 5) is 0. The van der Waals surface area contributed by atoms with Gasteiger partial charge in [-0.3, -0.25) is 0 Å². The first-order valence-corrected chi connectivity index (χ1v) is 5.79. The molecule has 0 aliphatic carbocycles. The first-order valence-electron chi connectivity index (χ1n) is 5.79. The van der Waals surface area contributed by atoms with Gasteiger partial charge in [0.25, 0.3) is 0 Å². The number of quaternary nitrogens is 1. The highest BCUT2D eigenvalue weighted by atomic mass is 16.3. The summed E-state index contributed by atoms with van der Waals surface area (Å²) in [6.07, 6.45) is 2.25. The average molecular weight is 200 g/mol. The maximum atomic E-state index is 10.0. The molecule has 0 bridgehead atoms. The number of nitrogens with zero attached hydrogens (tertiary/aromatic N) is 1. The van der Waals surface area contributed by atoms with E-state index < -0.39 is 12.2 Å². The molecule has 2 aliphatic rings. The van der Waals surface area contributed by atoms with E-state index in [4.69, 9.17) is 0 Å². The van der Waals surface area contributed by atoms with Crippen LogP contribution in [0.4, 0.5) is 0 Å². The second kappa shape index (κ2) is 3.47. The van der Waals surface area contributed by atoms with Crippen LogP contribution in [-0.2, 0) is 0 Å². The van der Waals surface area contributed by atoms with Gasteiger partial charge < -0.3 is 14.7 Å². The van der Waals surface area contributed by atoms with Gasteiger partial charge in [0.2, 0.25) is 0 Å². The molecule has 0 aromatic rings. The fourth-order valence-electron chi connectivity index (χ4n) is 3.43. The van der Waals surface area contributed by atoms with Gasteiger partial charge in [-0.1, -0.05) is 6.92 Å². The average Bonchev–Trinajstić information content (AvgIpc) is 2.54. The molecule has 0 radical (unpaired) electrons. The molecule has 2 aliphatic heterocycles. The Morgan fingerprint density at radius 3 is 2.64 bits per heavy atom. The Morgan fingerprint density at radius 1 is 1.29 bits per heavy atom. The lowest BCUT2D eigenvalue weighted by molar-refractivity contribution is -0.934. The Kier molecular flexibility index (Phi) is 2.58. The van der Waals surface area contributed by atoms with Crippen molar-refractivity contribution < 1.29 is 14.7 Å². The fraction of sp³-hybridized carbons (Fsp3) is 1.00. The minimum absolute atomic E-state index is 0.282. The Hall–Kier alpha value is -0.120. The zero-order valence-corrected chi connectivity index (χ0v) is 9.19. The number of fused-ring (bicyclic) bond motifs is 1. The van der Waals surface area contributed by atoms with E-state index in [9.17, 15) is 10.2 Å². The Balaban J connectivity index is 2.19. The maximum Gasteiger partial charge on any atom is 0.132 e. The third-order valence-corrected chi connectivity index (χ3v) is 4.37. The summed E-state index contributed by atoms with van der Waals surface area (Å²) < 4.78 is 0.983. The summed E-state index contributed by atoms with van der Waals surface area (Å²) in [6.45, 7) is 4.31. The maximum absolute atomic E-state index is 10.0. The van der Waals surface area contributed by atoms with Gasteiger partial charge >= 0.3 is 0 Å². The smallest absolute Gasteiger partial charge is 0.132 e. The summed E-state index contributed by atoms with van der Waals surface area (Å²) >= 11 is 0. The molecule has 5 atom stereocenters. The van der Waals surface area contributed by atoms with Crippen molar-refractivity contribution in [3.63, 3.8) is 0 Å². The molecule has 82 valence electrons. The third-order valence-electron chi connectivity index (χ3n) is 4.37. The lowest BCUT2D eigenvalue weighted by Gasteiger charge is -2.47. The van der Waals surface area contributed by atoms with E-state index in [1.54, 1.807) is 0 Å². The van der Waals surface area contributed by atoms with E-state index in [2.05, 4.69) is 14.0 Å². The minimum atomic E-state index is -0.499. The molecule has 3 nitrogen and oxygen atoms in total. The molecule has 3 heteroatoms. The van der Waals surface area contributed by atoms with Crippen molar-refractivity contribution in [2.75, 3.05) is 20.1 Å². The molecule has 0 aromatic carbocycles. The quantitative estimate of drug-likeness (QED) is 0.600. The molecule has 2 fully saturated rings. The molecule has 2 saturated heterocycles. The van der Waals surface area contributed by atoms with Crippen LogP contribution < -0.4 is 0 Å². The summed E-state index contributed by atoms with van der Waals surface area (Å²) in [5, 5.41) is 20.0. The van der Waals surface area contributed by atoms with Crippen molar-refractivity contribution in [3.05, 3.63) is 0 Å². The van der Waals surface area contributed by atoms with Gasteiger partial charge in [0, 0.05) is 18.8 Å². The largest absolute Gasteiger partial charge is 0.390 e. The Bertz CT molecular complexity index is 221. The third kappa shape index (κ3) is 1.38. The van der Waals surface area contributed by atoms with Crippen LogP contribution in [0.5, 0.6) is 0 Å². The van der Waals surface area contributed by atoms with Gasteiger partial charge in [-0.25, -0.2) is 0 Å². The van der Waals surface area contributed by atoms with Crippen LogP contribution in [0.1, 0.15) is 26.2 Å². The van der Waals surface area contributed by atoms with Crippen LogP contribution in [0.15, 0.2) is 0 Å². The molecule has 0 aromatic heterocycles. The zero-order chi connectivity index (χ0) is 10.3. The molecule has 2 heterocycles. The highest BCUT2D eigenvalue weighted by molar-refractivity contribution is 4.89. The van der Waals surface area contributed by atoms with E-state index in [-0.39, 0.29) is 12.0 Å². The summed E-state index contributed by atoms with van der Waals surface area (Å²) in [5.74, 6) is 0.282. The highest BCUT2D eigenvalue weighted by Crippen LogP contribution is 2.36. The molecule has 0 saturated carbocycles. The predicted molar refractivity (Wildman–Crippen MR) is 54.7 cm³/mol. The number of aliphatic hydroxyl groups excluding tert-OH is 2. The summed E-state index contributed by atoms with van der Waals surface area (Å²) in [6, 6.07) is 0.285. The van der Waals surface area contributed by atoms with Crippen molar-refractivity contribution in [1.82, 2.24) is 0 Å². The van der Waals surface area contributed by atoms with Crippen LogP contribution in [0, 0.1) is 5.92 Å². The lowest BCUT2D eigenvalue weighted by atomic mass is 9.84. The first kappa shape index (κ1) is 10.4. The molecule has 0 amide bonds. The molecule has 14 heavy (non-hydrogen) atoms. The minimum Gasteiger partial charge on any atom is -0.390 e. The zero-order valence-electron chi connectivity index (χ0n) is 9.19. The van der Waals surface area contributed by atoms with Crippen molar-refractivity contribution in [3.8, 4) is 0 Å². The second-order valence-corrected chi connectivity index (χ2v) is 5.24. The fourth-order valence-corrected chi connectivity index (χ4v) is 3.43. The van der Waals surface area contributed by atoms with Crippen molar-refractivity contribution in [2.24, 2.45) is 5.92 Å². The standard InChI is InChI=1S/C11H22NO2/c1-3-8-7-12(2)6-4-5-9(12)11(14)10(8)13/h8-11,13-14H,3-7H2,1-2H3/q+1/t8-,9-,10-,11-,12?/m0/s1. The van der Waals surface area contributed by atoms with Crippen LogP contribution in [0.25, 0.3) is 0 Å². The Morgan fingerprint density at radius 2 is 2.00 bits per heavy atom. The van der Waals surface area contributed by atoms with E-state index >= 15 is 0 Å². The number of likely N-dealkylation sites (N-methyl/N-ethyl adjacent to an activating group) is 1. The number of hydrogen-bond acceptors (Lipinski definition) is 2. The van der Waals surface area contributed by atoms with Gasteiger partial charge in [0.15, 0.2) is 0 Å². The number of hydrogen-bond donors (Lipinski definition) is 2. The molecule has 2 rings (SSSR count). The monoisotopic (exact) mass is 200 g/mol. The Labute approximate surface area is 85.9 Å². The topological polar surface area (TPSA) is 40.5 Å². The summed E-state index contributed by atoms with van der Waals surface area (Å²) in [5.41, 5.74) is 0. The van der Waals surface area contributed by atoms with E-state index in [1.165, 1.54) is 13.0 Å². The van der Waals surface area contributed by atoms with Crippen LogP contribution in [0.2, 0.25) is 0 Å². The molecule has 1 unspecified atom stereocenters. The SMILES string of the molecule is CC[C@H]1C[N+]2(C)CCC[C@H]2[C@H](O)[C@H]1O. The van der Waals surface area contributed by atoms with Crippen molar-refractivity contribution in [1.29, 1.82) is 0 Å². The van der Waals surface area contributed by atoms with Gasteiger partial charge in [0.05, 0.1) is 26.2 Å². The number of rotatable bonds is 1. The van der Waals surface area contributed by atoms with E-state index in [0.717, 1.165) is 23.9 Å². The second-order valence-electron chi connectivity index (χ2n) is 5.24. The van der Waals surface area contributed by atoms with Crippen LogP contribution >= 0.6 is 0 Å². The molecular weight excluding hydrogens is 178 g/mol. The van der Waals surface area contributed by atoms with Crippen molar-refractivity contribution in [2.45, 2.75) is 44.4 Å². The van der Waals surface area contributed by atoms with Crippen LogP contribution in [-0.4, -0.2) is 53.1 Å². The number of aliphatic hydroxyl groups is 2. The summed E-state index contributed by atoms with van der Waals surface area (Å²) in [7, 11) is 2.23. The van der Waals surface area contributed by atoms with Gasteiger partial charge in [0.1, 0.15) is 12.1 Å². The number of piperidine rings is 1. The molecular formula is C11H22NO2+.